The van der Waals surface area contributed by atoms with Crippen LogP contribution in [0.4, 0.5) is 5.95 Å². The fourth-order valence-corrected chi connectivity index (χ4v) is 8.30. The largest absolute Gasteiger partial charge is 0.479 e. The Morgan fingerprint density at radius 2 is 2.15 bits per heavy atom. The maximum absolute atomic E-state index is 13.8. The molecule has 0 radical (unpaired) electrons. The number of nitrogens with one attached hydrogen (secondary N) is 2. The Bertz CT molecular complexity index is 1360. The minimum absolute atomic E-state index is 0.0614. The topological polar surface area (TPSA) is 239 Å². The van der Waals surface area contributed by atoms with Crippen molar-refractivity contribution < 1.29 is 47.9 Å². The van der Waals surface area contributed by atoms with Crippen molar-refractivity contribution >= 4 is 53.0 Å². The summed E-state index contributed by atoms with van der Waals surface area (Å²) in [6, 6.07) is -1.06. The smallest absolute Gasteiger partial charge is 0.327 e. The van der Waals surface area contributed by atoms with Crippen molar-refractivity contribution in [2.45, 2.75) is 50.3 Å². The van der Waals surface area contributed by atoms with Gasteiger partial charge < -0.3 is 34.7 Å². The Morgan fingerprint density at radius 1 is 1.43 bits per heavy atom. The van der Waals surface area contributed by atoms with Crippen LogP contribution in [0.5, 0.6) is 5.88 Å². The summed E-state index contributed by atoms with van der Waals surface area (Å²) in [4.78, 5) is 47.8. The molecular weight excluding hydrogens is 573 g/mol. The van der Waals surface area contributed by atoms with Crippen molar-refractivity contribution in [1.29, 1.82) is 0 Å². The third-order valence-electron chi connectivity index (χ3n) is 6.43. The molecule has 0 spiro atoms. The molecule has 19 heteroatoms. The van der Waals surface area contributed by atoms with Gasteiger partial charge in [0.1, 0.15) is 23.9 Å². The molecule has 0 aromatic carbocycles. The quantitative estimate of drug-likeness (QED) is 0.119. The molecule has 7 atom stereocenters. The zero-order valence-electron chi connectivity index (χ0n) is 22.0. The molecule has 4 heterocycles. The predicted molar refractivity (Wildman–Crippen MR) is 139 cm³/mol. The average Bonchev–Trinajstić information content (AvgIpc) is 3.53. The average molecular weight is 604 g/mol. The van der Waals surface area contributed by atoms with Gasteiger partial charge in [-0.05, 0) is 13.8 Å². The normalized spacial score (nSPS) is 28.9. The highest BCUT2D eigenvalue weighted by molar-refractivity contribution is 8.56. The lowest BCUT2D eigenvalue weighted by molar-refractivity contribution is -0.142. The number of hydrogen-bond donors (Lipinski definition) is 5. The number of carbonyl (C=O) groups excluding carboxylic acids is 3. The van der Waals surface area contributed by atoms with Crippen LogP contribution in [-0.4, -0.2) is 97.9 Å². The summed E-state index contributed by atoms with van der Waals surface area (Å²) in [5.74, 6) is -2.51. The van der Waals surface area contributed by atoms with Gasteiger partial charge in [0.15, 0.2) is 17.4 Å². The molecular formula is C21H30N7O10PS. The molecule has 0 bridgehead atoms. The van der Waals surface area contributed by atoms with Crippen molar-refractivity contribution in [3.8, 4) is 5.88 Å². The number of aliphatic hydroxyl groups excluding tert-OH is 1. The minimum atomic E-state index is -3.97. The van der Waals surface area contributed by atoms with Gasteiger partial charge in [0.25, 0.3) is 0 Å². The second-order valence-corrected chi connectivity index (χ2v) is 13.7. The van der Waals surface area contributed by atoms with E-state index in [0.29, 0.717) is 11.4 Å². The number of methoxy groups -OCH3 is 2. The molecule has 220 valence electrons. The van der Waals surface area contributed by atoms with E-state index in [9.17, 15) is 29.2 Å². The third-order valence-corrected chi connectivity index (χ3v) is 10.6. The van der Waals surface area contributed by atoms with Crippen molar-refractivity contribution in [3.05, 3.63) is 6.33 Å². The van der Waals surface area contributed by atoms with E-state index in [1.54, 1.807) is 0 Å². The number of ether oxygens (including phenoxy) is 3. The second-order valence-electron chi connectivity index (χ2n) is 9.39. The number of rotatable bonds is 11. The van der Waals surface area contributed by atoms with E-state index in [-0.39, 0.29) is 35.2 Å². The van der Waals surface area contributed by atoms with Gasteiger partial charge in [-0.25, -0.2) is 10.1 Å². The van der Waals surface area contributed by atoms with Crippen LogP contribution in [0.3, 0.4) is 0 Å². The summed E-state index contributed by atoms with van der Waals surface area (Å²) in [5.41, 5.74) is 4.28. The molecule has 6 N–H and O–H groups in total. The number of carbonyl (C=O) groups is 3. The zero-order chi connectivity index (χ0) is 29.4. The number of aromatic nitrogens is 4. The molecule has 4 rings (SSSR count). The Kier molecular flexibility index (Phi) is 8.70. The van der Waals surface area contributed by atoms with Gasteiger partial charge in [-0.15, -0.1) is 0 Å². The van der Waals surface area contributed by atoms with E-state index in [4.69, 9.17) is 19.7 Å². The number of nitrogens with zero attached hydrogens (tertiary/aromatic N) is 4. The molecule has 40 heavy (non-hydrogen) atoms. The number of fused-ring (bicyclic) bond motifs is 1. The molecule has 2 amide bonds. The lowest BCUT2D eigenvalue weighted by atomic mass is 9.96. The van der Waals surface area contributed by atoms with Crippen molar-refractivity contribution in [2.75, 3.05) is 32.3 Å². The summed E-state index contributed by atoms with van der Waals surface area (Å²) >= 11 is 0.715. The molecule has 17 nitrogen and oxygen atoms in total. The number of imide groups is 1. The molecule has 2 aliphatic heterocycles. The maximum atomic E-state index is 13.8. The summed E-state index contributed by atoms with van der Waals surface area (Å²) in [5, 5.41) is 26.9. The number of anilines is 1. The van der Waals surface area contributed by atoms with Crippen molar-refractivity contribution in [2.24, 2.45) is 5.92 Å². The molecule has 2 aromatic heterocycles. The van der Waals surface area contributed by atoms with E-state index in [1.807, 2.05) is 0 Å². The first-order chi connectivity index (χ1) is 18.8. The highest BCUT2D eigenvalue weighted by atomic mass is 32.7. The number of nitrogen functional groups attached to an aromatic ring is 1. The van der Waals surface area contributed by atoms with E-state index in [2.05, 4.69) is 30.1 Å². The minimum Gasteiger partial charge on any atom is -0.479 e. The van der Waals surface area contributed by atoms with Gasteiger partial charge in [-0.2, -0.15) is 9.97 Å². The van der Waals surface area contributed by atoms with Crippen LogP contribution in [0.15, 0.2) is 6.33 Å². The van der Waals surface area contributed by atoms with Gasteiger partial charge >= 0.3 is 12.7 Å². The molecule has 2 saturated heterocycles. The van der Waals surface area contributed by atoms with Gasteiger partial charge in [0.05, 0.1) is 33.1 Å². The van der Waals surface area contributed by atoms with Crippen molar-refractivity contribution in [1.82, 2.24) is 29.9 Å². The molecule has 2 aromatic rings. The number of hydrogen-bond acceptors (Lipinski definition) is 15. The van der Waals surface area contributed by atoms with Crippen LogP contribution in [0.2, 0.25) is 0 Å². The monoisotopic (exact) mass is 603 g/mol. The molecule has 0 aliphatic carbocycles. The number of aliphatic hydroxyl groups is 2. The number of nitrogens with two attached hydrogens (primary N) is 1. The van der Waals surface area contributed by atoms with Crippen LogP contribution in [0.25, 0.3) is 11.2 Å². The highest BCUT2D eigenvalue weighted by Crippen LogP contribution is 2.58. The van der Waals surface area contributed by atoms with Crippen LogP contribution in [0.1, 0.15) is 26.5 Å². The molecule has 2 unspecified atom stereocenters. The second kappa shape index (κ2) is 11.6. The first kappa shape index (κ1) is 30.1. The standard InChI is InChI=1S/C21H30N7O10PS/c1-9(18(32)36-4)27-39(34,40-7-10-5-12(29)24-16(10)31)37-6-11-14(30)21(2,33)19(38-11)28-8-23-13-15(28)25-20(22)26-17(13)35-3/h8-11,14,19,30,33H,5-7H2,1-4H3,(H,27,34)(H2,22,25,26)(H,24,29,31)/t9-,10?,11-,14-,19-,21-,39?/m1/s1. The third kappa shape index (κ3) is 5.93. The number of amides is 2. The summed E-state index contributed by atoms with van der Waals surface area (Å²) in [7, 11) is 2.54. The predicted octanol–water partition coefficient (Wildman–Crippen LogP) is -0.902. The first-order valence-electron chi connectivity index (χ1n) is 12.0. The fraction of sp³-hybridized carbons (Fsp3) is 0.619. The molecule has 2 fully saturated rings. The summed E-state index contributed by atoms with van der Waals surface area (Å²) < 4.78 is 36.6. The van der Waals surface area contributed by atoms with Crippen LogP contribution in [0, 0.1) is 5.92 Å². The van der Waals surface area contributed by atoms with Crippen LogP contribution in [-0.2, 0) is 32.9 Å². The highest BCUT2D eigenvalue weighted by Gasteiger charge is 2.54. The Labute approximate surface area is 231 Å². The lowest BCUT2D eigenvalue weighted by Gasteiger charge is -2.27. The molecule has 0 saturated carbocycles. The van der Waals surface area contributed by atoms with Crippen molar-refractivity contribution in [3.63, 3.8) is 0 Å². The van der Waals surface area contributed by atoms with Gasteiger partial charge in [-0.3, -0.25) is 28.8 Å². The number of imidazole rings is 1. The van der Waals surface area contributed by atoms with Gasteiger partial charge in [0.2, 0.25) is 23.6 Å². The Balaban J connectivity index is 1.53. The fourth-order valence-electron chi connectivity index (χ4n) is 4.28. The Morgan fingerprint density at radius 3 is 2.77 bits per heavy atom. The van der Waals surface area contributed by atoms with Crippen LogP contribution < -0.4 is 20.9 Å². The van der Waals surface area contributed by atoms with E-state index >= 15 is 0 Å². The van der Waals surface area contributed by atoms with Gasteiger partial charge in [-0.1, -0.05) is 11.4 Å². The zero-order valence-corrected chi connectivity index (χ0v) is 23.7. The summed E-state index contributed by atoms with van der Waals surface area (Å²) in [6.45, 7) is -1.73. The molecule has 2 aliphatic rings. The first-order valence-corrected chi connectivity index (χ1v) is 15.2. The van der Waals surface area contributed by atoms with Gasteiger partial charge in [0, 0.05) is 12.2 Å². The van der Waals surface area contributed by atoms with E-state index in [0.717, 1.165) is 7.11 Å². The Hall–Kier alpha value is -2.86. The number of esters is 1. The maximum Gasteiger partial charge on any atom is 0.327 e. The van der Waals surface area contributed by atoms with Crippen LogP contribution >= 0.6 is 18.1 Å². The SMILES string of the molecule is COC(=O)[C@@H](C)NP(=O)(OC[C@H]1O[C@@H](n2cnc3c(OC)nc(N)nc32)[C@](C)(O)[C@@H]1O)SCC1CC(=O)NC1=O. The lowest BCUT2D eigenvalue weighted by Crippen LogP contribution is -2.44. The van der Waals surface area contributed by atoms with E-state index < -0.39 is 67.1 Å². The van der Waals surface area contributed by atoms with E-state index in [1.165, 1.54) is 31.9 Å². The summed E-state index contributed by atoms with van der Waals surface area (Å²) in [6.07, 6.45) is -2.75.